The zero-order valence-corrected chi connectivity index (χ0v) is 12.8. The molecule has 0 bridgehead atoms. The number of hydrogen-bond acceptors (Lipinski definition) is 0. The Bertz CT molecular complexity index is 384. The standard InChI is InChI=1S/C10H10Si.2CH3.Zr/c1-2-6-9(5-1)11-10-7-3-4-8-10;;;/h1,3,5,7H,2,4,11H2;2*1H3;. The summed E-state index contributed by atoms with van der Waals surface area (Å²) in [5, 5.41) is 3.63. The van der Waals surface area contributed by atoms with Crippen molar-refractivity contribution in [1.82, 2.24) is 0 Å². The van der Waals surface area contributed by atoms with Crippen LogP contribution in [0, 0.1) is 0 Å². The third kappa shape index (κ3) is 1.13. The van der Waals surface area contributed by atoms with Crippen molar-refractivity contribution in [2.45, 2.75) is 22.1 Å². The van der Waals surface area contributed by atoms with Crippen molar-refractivity contribution in [2.75, 3.05) is 0 Å². The van der Waals surface area contributed by atoms with Crippen LogP contribution in [0.2, 0.25) is 9.26 Å². The molecule has 0 nitrogen and oxygen atoms in total. The first-order chi connectivity index (χ1) is 6.69. The molecule has 0 amide bonds. The van der Waals surface area contributed by atoms with Gasteiger partial charge in [-0.05, 0) is 0 Å². The van der Waals surface area contributed by atoms with Gasteiger partial charge in [-0.15, -0.1) is 0 Å². The summed E-state index contributed by atoms with van der Waals surface area (Å²) in [6.07, 6.45) is 12.3. The van der Waals surface area contributed by atoms with Crippen molar-refractivity contribution in [1.29, 1.82) is 0 Å². The molecule has 3 aliphatic rings. The predicted octanol–water partition coefficient (Wildman–Crippen LogP) is 2.76. The Morgan fingerprint density at radius 1 is 1.00 bits per heavy atom. The van der Waals surface area contributed by atoms with E-state index < -0.39 is 20.3 Å². The van der Waals surface area contributed by atoms with E-state index in [1.807, 2.05) is 17.0 Å². The Balaban J connectivity index is 2.12. The Morgan fingerprint density at radius 3 is 2.00 bits per heavy atom. The third-order valence-electron chi connectivity index (χ3n) is 3.95. The van der Waals surface area contributed by atoms with Crippen LogP contribution in [-0.4, -0.2) is 9.52 Å². The van der Waals surface area contributed by atoms with Gasteiger partial charge >= 0.3 is 93.1 Å². The molecule has 0 saturated carbocycles. The van der Waals surface area contributed by atoms with E-state index in [0.717, 1.165) is 0 Å². The molecule has 0 radical (unpaired) electrons. The van der Waals surface area contributed by atoms with Gasteiger partial charge in [-0.3, -0.25) is 0 Å². The molecule has 72 valence electrons. The summed E-state index contributed by atoms with van der Waals surface area (Å²) in [4.78, 5) is 0. The van der Waals surface area contributed by atoms with E-state index in [1.165, 1.54) is 12.8 Å². The summed E-state index contributed by atoms with van der Waals surface area (Å²) in [5.74, 6) is 0. The van der Waals surface area contributed by atoms with E-state index in [0.29, 0.717) is 0 Å². The first-order valence-corrected chi connectivity index (χ1v) is 14.3. The van der Waals surface area contributed by atoms with Crippen molar-refractivity contribution in [2.24, 2.45) is 0 Å². The second-order valence-electron chi connectivity index (χ2n) is 5.02. The van der Waals surface area contributed by atoms with Crippen LogP contribution in [0.4, 0.5) is 0 Å². The molecule has 1 heterocycles. The van der Waals surface area contributed by atoms with Gasteiger partial charge in [-0.25, -0.2) is 0 Å². The molecule has 0 spiro atoms. The molecule has 0 aromatic rings. The van der Waals surface area contributed by atoms with E-state index in [9.17, 15) is 0 Å². The predicted molar refractivity (Wildman–Crippen MR) is 61.8 cm³/mol. The van der Waals surface area contributed by atoms with E-state index in [-0.39, 0.29) is 9.52 Å². The van der Waals surface area contributed by atoms with Gasteiger partial charge in [0.2, 0.25) is 0 Å². The number of hydrogen-bond donors (Lipinski definition) is 0. The van der Waals surface area contributed by atoms with Crippen molar-refractivity contribution >= 4 is 9.52 Å². The van der Waals surface area contributed by atoms with Gasteiger partial charge in [0.25, 0.3) is 0 Å². The summed E-state index contributed by atoms with van der Waals surface area (Å²) in [6.45, 7) is 0. The maximum atomic E-state index is 2.62. The molecule has 2 heteroatoms. The van der Waals surface area contributed by atoms with Gasteiger partial charge in [-0.1, -0.05) is 0 Å². The minimum atomic E-state index is -1.97. The SMILES string of the molecule is [CH3][Zr]1([CH3])[C]2=C(C=CC2)[SiH2]C2=[C]1CC=C2. The molecule has 3 rings (SSSR count). The van der Waals surface area contributed by atoms with E-state index in [2.05, 4.69) is 33.6 Å². The summed E-state index contributed by atoms with van der Waals surface area (Å²) in [5.41, 5.74) is 0. The van der Waals surface area contributed by atoms with Crippen LogP contribution in [0.5, 0.6) is 0 Å². The Kier molecular flexibility index (Phi) is 2.01. The zero-order chi connectivity index (χ0) is 9.76. The van der Waals surface area contributed by atoms with Gasteiger partial charge in [-0.2, -0.15) is 0 Å². The molecule has 1 aliphatic heterocycles. The fourth-order valence-corrected chi connectivity index (χ4v) is 19.7. The van der Waals surface area contributed by atoms with Gasteiger partial charge < -0.3 is 0 Å². The third-order valence-corrected chi connectivity index (χ3v) is 17.8. The van der Waals surface area contributed by atoms with Gasteiger partial charge in [0.1, 0.15) is 0 Å². The van der Waals surface area contributed by atoms with Gasteiger partial charge in [0.15, 0.2) is 0 Å². The Hall–Kier alpha value is 0.0600. The summed E-state index contributed by atoms with van der Waals surface area (Å²) < 4.78 is 9.11. The fourth-order valence-electron chi connectivity index (χ4n) is 3.13. The fraction of sp³-hybridized carbons (Fsp3) is 0.333. The topological polar surface area (TPSA) is 0 Å². The molecule has 0 saturated heterocycles. The molecular weight excluding hydrogens is 263 g/mol. The molecule has 14 heavy (non-hydrogen) atoms. The Labute approximate surface area is 92.7 Å². The van der Waals surface area contributed by atoms with Crippen LogP contribution >= 0.6 is 0 Å². The maximum absolute atomic E-state index is 2.62. The van der Waals surface area contributed by atoms with Crippen LogP contribution in [0.15, 0.2) is 41.3 Å². The molecule has 0 fully saturated rings. The van der Waals surface area contributed by atoms with E-state index >= 15 is 0 Å². The van der Waals surface area contributed by atoms with E-state index in [4.69, 9.17) is 0 Å². The van der Waals surface area contributed by atoms with Crippen LogP contribution in [0.25, 0.3) is 0 Å². The molecule has 0 aromatic carbocycles. The average Bonchev–Trinajstić information content (AvgIpc) is 2.71. The zero-order valence-electron chi connectivity index (χ0n) is 8.93. The molecule has 0 N–H and O–H groups in total. The second kappa shape index (κ2) is 3.02. The molecule has 0 aromatic heterocycles. The molecule has 2 aliphatic carbocycles. The quantitative estimate of drug-likeness (QED) is 0.598. The van der Waals surface area contributed by atoms with Gasteiger partial charge in [0.05, 0.1) is 0 Å². The number of rotatable bonds is 0. The second-order valence-corrected chi connectivity index (χ2v) is 17.9. The van der Waals surface area contributed by atoms with Crippen molar-refractivity contribution in [3.63, 3.8) is 0 Å². The minimum absolute atomic E-state index is 0.0642. The molecule has 0 atom stereocenters. The normalized spacial score (nSPS) is 27.3. The van der Waals surface area contributed by atoms with Crippen LogP contribution in [-0.2, 0) is 20.3 Å². The first-order valence-electron chi connectivity index (χ1n) is 5.47. The van der Waals surface area contributed by atoms with Crippen LogP contribution in [0.3, 0.4) is 0 Å². The summed E-state index contributed by atoms with van der Waals surface area (Å²) in [7, 11) is -0.0642. The van der Waals surface area contributed by atoms with Crippen molar-refractivity contribution in [3.8, 4) is 0 Å². The van der Waals surface area contributed by atoms with Crippen molar-refractivity contribution < 1.29 is 20.3 Å². The van der Waals surface area contributed by atoms with Gasteiger partial charge in [0, 0.05) is 0 Å². The molecule has 0 unspecified atom stereocenters. The monoisotopic (exact) mass is 278 g/mol. The van der Waals surface area contributed by atoms with Crippen LogP contribution in [0.1, 0.15) is 12.8 Å². The Morgan fingerprint density at radius 2 is 1.50 bits per heavy atom. The first kappa shape index (κ1) is 9.30. The summed E-state index contributed by atoms with van der Waals surface area (Å²) >= 11 is -1.97. The van der Waals surface area contributed by atoms with Crippen molar-refractivity contribution in [3.05, 3.63) is 41.3 Å². The van der Waals surface area contributed by atoms with E-state index in [1.54, 1.807) is 0 Å². The average molecular weight is 280 g/mol. The number of allylic oxidation sites excluding steroid dienone is 8. The molecular formula is C12H16SiZr. The van der Waals surface area contributed by atoms with Crippen LogP contribution < -0.4 is 0 Å². The summed E-state index contributed by atoms with van der Waals surface area (Å²) in [6, 6.07) is 0.